The fourth-order valence-corrected chi connectivity index (χ4v) is 12.4. The van der Waals surface area contributed by atoms with Crippen LogP contribution in [0.1, 0.15) is 16.7 Å². The van der Waals surface area contributed by atoms with Crippen LogP contribution in [0.15, 0.2) is 237 Å². The smallest absolute Gasteiger partial charge is 0.0992 e. The normalized spacial score (nSPS) is 11.9. The Bertz CT molecular complexity index is 4480. The number of aryl methyl sites for hydroxylation is 2. The monoisotopic (exact) mass is 943 g/mol. The van der Waals surface area contributed by atoms with Gasteiger partial charge in [0.25, 0.3) is 0 Å². The van der Waals surface area contributed by atoms with Crippen molar-refractivity contribution in [2.45, 2.75) is 13.8 Å². The van der Waals surface area contributed by atoms with Crippen LogP contribution >= 0.6 is 0 Å². The van der Waals surface area contributed by atoms with Gasteiger partial charge in [-0.25, -0.2) is 0 Å². The Morgan fingerprint density at radius 3 is 0.851 bits per heavy atom. The second-order valence-corrected chi connectivity index (χ2v) is 19.8. The number of nitrogens with zero attached hydrogens (tertiary/aromatic N) is 5. The first kappa shape index (κ1) is 41.9. The second kappa shape index (κ2) is 16.1. The van der Waals surface area contributed by atoms with Crippen LogP contribution in [0, 0.1) is 25.2 Å². The molecule has 0 aliphatic heterocycles. The molecule has 0 aliphatic rings. The van der Waals surface area contributed by atoms with E-state index in [0.717, 1.165) is 78.2 Å². The number of para-hydroxylation sites is 6. The quantitative estimate of drug-likeness (QED) is 0.164. The summed E-state index contributed by atoms with van der Waals surface area (Å²) in [5.41, 5.74) is 21.0. The summed E-state index contributed by atoms with van der Waals surface area (Å²) >= 11 is 0. The van der Waals surface area contributed by atoms with Crippen molar-refractivity contribution in [2.75, 3.05) is 0 Å². The summed E-state index contributed by atoms with van der Waals surface area (Å²) in [6, 6.07) is 88.2. The largest absolute Gasteiger partial charge is 0.309 e. The molecular weight excluding hydrogens is 899 g/mol. The van der Waals surface area contributed by atoms with Crippen molar-refractivity contribution in [1.82, 2.24) is 18.3 Å². The zero-order chi connectivity index (χ0) is 49.2. The van der Waals surface area contributed by atoms with Gasteiger partial charge in [-0.05, 0) is 162 Å². The molecule has 4 heterocycles. The van der Waals surface area contributed by atoms with Crippen LogP contribution in [-0.2, 0) is 0 Å². The maximum atomic E-state index is 10.5. The first-order chi connectivity index (χ1) is 36.5. The first-order valence-corrected chi connectivity index (χ1v) is 25.3. The Hall–Kier alpha value is -9.89. The standard InChI is InChI=1S/C69H45N5/c1-43-35-48(71-66-25-13-7-19-58(66)60-40-50(29-33-68(60)71)73-62-21-9-3-15-54(62)55-16-4-10-22-63(55)73)27-31-52(43)46-37-45(42-70)38-47(39-46)53-32-28-49(36-44(53)2)72-67-26-14-8-20-59(67)61-41-51(30-34-69(61)72)74-64-23-11-5-17-56(64)57-18-6-12-24-65(57)74/h3-41H,1-2H3. The maximum Gasteiger partial charge on any atom is 0.0992 e. The van der Waals surface area contributed by atoms with E-state index in [1.54, 1.807) is 0 Å². The van der Waals surface area contributed by atoms with Crippen molar-refractivity contribution in [2.24, 2.45) is 0 Å². The molecule has 0 bridgehead atoms. The third-order valence-corrected chi connectivity index (χ3v) is 15.6. The Morgan fingerprint density at radius 2 is 0.541 bits per heavy atom. The molecular formula is C69H45N5. The van der Waals surface area contributed by atoms with E-state index in [-0.39, 0.29) is 0 Å². The zero-order valence-electron chi connectivity index (χ0n) is 40.8. The third-order valence-electron chi connectivity index (χ3n) is 15.6. The molecule has 0 unspecified atom stereocenters. The minimum absolute atomic E-state index is 0.632. The lowest BCUT2D eigenvalue weighted by Gasteiger charge is -2.15. The van der Waals surface area contributed by atoms with E-state index in [4.69, 9.17) is 0 Å². The van der Waals surface area contributed by atoms with E-state index < -0.39 is 0 Å². The molecule has 0 fully saturated rings. The van der Waals surface area contributed by atoms with Crippen LogP contribution in [0.5, 0.6) is 0 Å². The summed E-state index contributed by atoms with van der Waals surface area (Å²) in [6.45, 7) is 4.37. The second-order valence-electron chi connectivity index (χ2n) is 19.8. The van der Waals surface area contributed by atoms with Gasteiger partial charge in [-0.2, -0.15) is 5.26 Å². The van der Waals surface area contributed by atoms with Crippen molar-refractivity contribution in [3.63, 3.8) is 0 Å². The summed E-state index contributed by atoms with van der Waals surface area (Å²) in [4.78, 5) is 0. The topological polar surface area (TPSA) is 43.5 Å². The Balaban J connectivity index is 0.799. The molecule has 0 saturated carbocycles. The van der Waals surface area contributed by atoms with E-state index in [0.29, 0.717) is 5.56 Å². The number of aromatic nitrogens is 4. The molecule has 74 heavy (non-hydrogen) atoms. The van der Waals surface area contributed by atoms with Gasteiger partial charge >= 0.3 is 0 Å². The van der Waals surface area contributed by atoms with E-state index >= 15 is 0 Å². The molecule has 5 nitrogen and oxygen atoms in total. The number of hydrogen-bond donors (Lipinski definition) is 0. The summed E-state index contributed by atoms with van der Waals surface area (Å²) in [5.74, 6) is 0. The molecule has 0 amide bonds. The highest BCUT2D eigenvalue weighted by atomic mass is 15.0. The Labute approximate surface area is 426 Å². The minimum Gasteiger partial charge on any atom is -0.309 e. The summed E-state index contributed by atoms with van der Waals surface area (Å²) in [7, 11) is 0. The van der Waals surface area contributed by atoms with Crippen molar-refractivity contribution < 1.29 is 0 Å². The molecule has 346 valence electrons. The molecule has 15 aromatic rings. The van der Waals surface area contributed by atoms with Crippen LogP contribution in [0.3, 0.4) is 0 Å². The average molecular weight is 944 g/mol. The van der Waals surface area contributed by atoms with Crippen LogP contribution in [-0.4, -0.2) is 18.3 Å². The highest BCUT2D eigenvalue weighted by molar-refractivity contribution is 6.14. The maximum absolute atomic E-state index is 10.5. The lowest BCUT2D eigenvalue weighted by Crippen LogP contribution is -1.98. The number of nitriles is 1. The van der Waals surface area contributed by atoms with Crippen LogP contribution < -0.4 is 0 Å². The van der Waals surface area contributed by atoms with Crippen molar-refractivity contribution in [3.05, 3.63) is 253 Å². The lowest BCUT2D eigenvalue weighted by molar-refractivity contribution is 1.16. The van der Waals surface area contributed by atoms with Gasteiger partial charge in [-0.15, -0.1) is 0 Å². The van der Waals surface area contributed by atoms with E-state index in [1.165, 1.54) is 65.2 Å². The fourth-order valence-electron chi connectivity index (χ4n) is 12.4. The van der Waals surface area contributed by atoms with Gasteiger partial charge in [-0.3, -0.25) is 0 Å². The molecule has 0 atom stereocenters. The number of benzene rings is 11. The van der Waals surface area contributed by atoms with Crippen LogP contribution in [0.25, 0.3) is 132 Å². The molecule has 0 N–H and O–H groups in total. The van der Waals surface area contributed by atoms with Gasteiger partial charge in [0, 0.05) is 65.8 Å². The summed E-state index contributed by atoms with van der Waals surface area (Å²) < 4.78 is 9.56. The molecule has 4 aromatic heterocycles. The van der Waals surface area contributed by atoms with Gasteiger partial charge in [0.2, 0.25) is 0 Å². The minimum atomic E-state index is 0.632. The molecule has 15 rings (SSSR count). The zero-order valence-corrected chi connectivity index (χ0v) is 40.8. The fraction of sp³-hybridized carbons (Fsp3) is 0.0290. The van der Waals surface area contributed by atoms with Gasteiger partial charge < -0.3 is 18.3 Å². The molecule has 11 aromatic carbocycles. The Morgan fingerprint density at radius 1 is 0.270 bits per heavy atom. The number of hydrogen-bond acceptors (Lipinski definition) is 1. The van der Waals surface area contributed by atoms with Gasteiger partial charge in [0.1, 0.15) is 0 Å². The molecule has 0 saturated heterocycles. The number of fused-ring (bicyclic) bond motifs is 12. The molecule has 0 radical (unpaired) electrons. The predicted octanol–water partition coefficient (Wildman–Crippen LogP) is 17.9. The third kappa shape index (κ3) is 6.16. The van der Waals surface area contributed by atoms with Gasteiger partial charge in [0.05, 0.1) is 55.8 Å². The van der Waals surface area contributed by atoms with Crippen molar-refractivity contribution in [3.8, 4) is 51.1 Å². The average Bonchev–Trinajstić information content (AvgIpc) is 4.18. The highest BCUT2D eigenvalue weighted by Gasteiger charge is 2.20. The van der Waals surface area contributed by atoms with E-state index in [2.05, 4.69) is 263 Å². The van der Waals surface area contributed by atoms with Crippen LogP contribution in [0.4, 0.5) is 0 Å². The molecule has 0 aliphatic carbocycles. The molecule has 0 spiro atoms. The SMILES string of the molecule is Cc1cc(-n2c3ccccc3c3cc(-n4c5ccccc5c5ccccc54)ccc32)ccc1-c1cc(C#N)cc(-c2ccc(-n3c4ccccc4c4cc(-n5c6ccccc6c6ccccc65)ccc43)cc2C)c1. The van der Waals surface area contributed by atoms with Crippen molar-refractivity contribution in [1.29, 1.82) is 5.26 Å². The highest BCUT2D eigenvalue weighted by Crippen LogP contribution is 2.41. The van der Waals surface area contributed by atoms with Gasteiger partial charge in [0.15, 0.2) is 0 Å². The van der Waals surface area contributed by atoms with Gasteiger partial charge in [-0.1, -0.05) is 121 Å². The first-order valence-electron chi connectivity index (χ1n) is 25.3. The van der Waals surface area contributed by atoms with Crippen LogP contribution in [0.2, 0.25) is 0 Å². The molecule has 5 heteroatoms. The lowest BCUT2D eigenvalue weighted by atomic mass is 9.92. The number of rotatable bonds is 6. The van der Waals surface area contributed by atoms with E-state index in [9.17, 15) is 5.26 Å². The summed E-state index contributed by atoms with van der Waals surface area (Å²) in [6.07, 6.45) is 0. The predicted molar refractivity (Wildman–Crippen MR) is 309 cm³/mol. The van der Waals surface area contributed by atoms with E-state index in [1.807, 2.05) is 12.1 Å². The Kier molecular flexibility index (Phi) is 9.08. The van der Waals surface area contributed by atoms with Crippen molar-refractivity contribution >= 4 is 87.2 Å². The summed E-state index contributed by atoms with van der Waals surface area (Å²) in [5, 5.41) is 20.3.